The van der Waals surface area contributed by atoms with Gasteiger partial charge >= 0.3 is 0 Å². The van der Waals surface area contributed by atoms with Gasteiger partial charge in [0.15, 0.2) is 0 Å². The third-order valence-corrected chi connectivity index (χ3v) is 4.64. The van der Waals surface area contributed by atoms with Gasteiger partial charge in [0.05, 0.1) is 11.4 Å². The molecule has 0 atom stereocenters. The zero-order valence-corrected chi connectivity index (χ0v) is 12.1. The first-order chi connectivity index (χ1) is 9.74. The van der Waals surface area contributed by atoms with E-state index in [4.69, 9.17) is 0 Å². The number of anilines is 2. The van der Waals surface area contributed by atoms with Crippen LogP contribution in [0.2, 0.25) is 0 Å². The van der Waals surface area contributed by atoms with Gasteiger partial charge in [-0.2, -0.15) is 5.10 Å². The normalized spacial score (nSPS) is 17.4. The van der Waals surface area contributed by atoms with Gasteiger partial charge in [-0.25, -0.2) is 0 Å². The number of nitrogens with one attached hydrogen (secondary N) is 1. The Bertz CT molecular complexity index is 618. The molecule has 1 N–H and O–H groups in total. The summed E-state index contributed by atoms with van der Waals surface area (Å²) in [6.45, 7) is 2.36. The largest absolute Gasteiger partial charge is 0.378 e. The molecule has 0 unspecified atom stereocenters. The van der Waals surface area contributed by atoms with Crippen LogP contribution in [-0.4, -0.2) is 37.4 Å². The number of hydrogen-bond donors (Lipinski definition) is 1. The van der Waals surface area contributed by atoms with Crippen LogP contribution in [0.15, 0.2) is 24.3 Å². The van der Waals surface area contributed by atoms with Crippen LogP contribution in [0, 0.1) is 0 Å². The third kappa shape index (κ3) is 1.64. The van der Waals surface area contributed by atoms with Crippen LogP contribution in [0.25, 0.3) is 11.3 Å². The second-order valence-electron chi connectivity index (χ2n) is 6.04. The molecular weight excluding hydrogens is 248 g/mol. The molecule has 0 aliphatic carbocycles. The van der Waals surface area contributed by atoms with Crippen LogP contribution >= 0.6 is 0 Å². The molecular formula is C16H20N4. The molecule has 1 saturated heterocycles. The fourth-order valence-electron chi connectivity index (χ4n) is 3.46. The van der Waals surface area contributed by atoms with E-state index in [1.165, 1.54) is 48.6 Å². The molecule has 4 heterocycles. The summed E-state index contributed by atoms with van der Waals surface area (Å²) in [5.74, 6) is 0.692. The number of nitrogens with zero attached hydrogens (tertiary/aromatic N) is 3. The first-order valence-corrected chi connectivity index (χ1v) is 7.35. The molecule has 104 valence electrons. The van der Waals surface area contributed by atoms with Crippen molar-refractivity contribution in [2.24, 2.45) is 0 Å². The fraction of sp³-hybridized carbons (Fsp3) is 0.438. The van der Waals surface area contributed by atoms with Gasteiger partial charge in [0.2, 0.25) is 0 Å². The Kier molecular flexibility index (Phi) is 2.52. The smallest absolute Gasteiger partial charge is 0.116 e. The quantitative estimate of drug-likeness (QED) is 0.909. The monoisotopic (exact) mass is 268 g/mol. The Hall–Kier alpha value is -1.97. The van der Waals surface area contributed by atoms with Crippen molar-refractivity contribution in [3.63, 3.8) is 0 Å². The second-order valence-corrected chi connectivity index (χ2v) is 6.04. The van der Waals surface area contributed by atoms with Crippen LogP contribution in [0.1, 0.15) is 24.5 Å². The molecule has 4 heteroatoms. The Labute approximate surface area is 119 Å². The number of H-pyrrole nitrogens is 1. The van der Waals surface area contributed by atoms with Crippen molar-refractivity contribution in [3.05, 3.63) is 30.0 Å². The fourth-order valence-corrected chi connectivity index (χ4v) is 3.46. The Balaban J connectivity index is 1.77. The highest BCUT2D eigenvalue weighted by atomic mass is 15.2. The van der Waals surface area contributed by atoms with Crippen molar-refractivity contribution in [2.45, 2.75) is 18.8 Å². The molecule has 3 aliphatic heterocycles. The minimum absolute atomic E-state index is 0.692. The molecule has 0 radical (unpaired) electrons. The first kappa shape index (κ1) is 11.8. The summed E-state index contributed by atoms with van der Waals surface area (Å²) in [5, 5.41) is 7.89. The van der Waals surface area contributed by atoms with Crippen LogP contribution in [0.3, 0.4) is 0 Å². The molecule has 0 saturated carbocycles. The average molecular weight is 268 g/mol. The molecule has 1 aromatic heterocycles. The Morgan fingerprint density at radius 1 is 1.15 bits per heavy atom. The predicted molar refractivity (Wildman–Crippen MR) is 82.5 cm³/mol. The average Bonchev–Trinajstić information content (AvgIpc) is 2.95. The highest BCUT2D eigenvalue weighted by Crippen LogP contribution is 2.45. The maximum Gasteiger partial charge on any atom is 0.116 e. The minimum Gasteiger partial charge on any atom is -0.378 e. The Morgan fingerprint density at radius 3 is 2.50 bits per heavy atom. The van der Waals surface area contributed by atoms with E-state index in [1.54, 1.807) is 0 Å². The first-order valence-electron chi connectivity index (χ1n) is 7.35. The van der Waals surface area contributed by atoms with Crippen LogP contribution in [-0.2, 0) is 0 Å². The number of aromatic nitrogens is 2. The molecule has 20 heavy (non-hydrogen) atoms. The van der Waals surface area contributed by atoms with E-state index in [9.17, 15) is 0 Å². The summed E-state index contributed by atoms with van der Waals surface area (Å²) in [5.41, 5.74) is 6.26. The molecule has 3 aliphatic rings. The summed E-state index contributed by atoms with van der Waals surface area (Å²) in [7, 11) is 4.13. The van der Waals surface area contributed by atoms with Crippen molar-refractivity contribution in [1.29, 1.82) is 0 Å². The van der Waals surface area contributed by atoms with Gasteiger partial charge in [0.1, 0.15) is 5.69 Å². The lowest BCUT2D eigenvalue weighted by Crippen LogP contribution is -2.38. The lowest BCUT2D eigenvalue weighted by atomic mass is 9.86. The molecule has 2 aromatic rings. The summed E-state index contributed by atoms with van der Waals surface area (Å²) < 4.78 is 0. The number of benzene rings is 1. The predicted octanol–water partition coefficient (Wildman–Crippen LogP) is 2.84. The molecule has 1 aromatic carbocycles. The second kappa shape index (κ2) is 4.27. The molecule has 5 rings (SSSR count). The van der Waals surface area contributed by atoms with Crippen molar-refractivity contribution in [1.82, 2.24) is 10.2 Å². The van der Waals surface area contributed by atoms with Crippen molar-refractivity contribution in [2.75, 3.05) is 37.0 Å². The van der Waals surface area contributed by atoms with Crippen molar-refractivity contribution >= 4 is 11.4 Å². The van der Waals surface area contributed by atoms with Gasteiger partial charge in [-0.3, -0.25) is 5.10 Å². The number of piperidine rings is 1. The summed E-state index contributed by atoms with van der Waals surface area (Å²) >= 11 is 0. The number of hydrogen-bond acceptors (Lipinski definition) is 3. The van der Waals surface area contributed by atoms with Crippen molar-refractivity contribution in [3.8, 4) is 11.3 Å². The molecule has 0 amide bonds. The van der Waals surface area contributed by atoms with Gasteiger partial charge in [0.25, 0.3) is 0 Å². The zero-order chi connectivity index (χ0) is 13.7. The summed E-state index contributed by atoms with van der Waals surface area (Å²) in [6, 6.07) is 8.67. The van der Waals surface area contributed by atoms with Gasteiger partial charge < -0.3 is 9.80 Å². The summed E-state index contributed by atoms with van der Waals surface area (Å²) in [6.07, 6.45) is 2.54. The van der Waals surface area contributed by atoms with Gasteiger partial charge in [-0.05, 0) is 25.0 Å². The number of aromatic amines is 1. The highest BCUT2D eigenvalue weighted by molar-refractivity contribution is 5.79. The van der Waals surface area contributed by atoms with Gasteiger partial charge in [-0.1, -0.05) is 12.1 Å². The minimum atomic E-state index is 0.692. The van der Waals surface area contributed by atoms with Crippen LogP contribution in [0.4, 0.5) is 11.4 Å². The van der Waals surface area contributed by atoms with E-state index in [0.717, 1.165) is 5.69 Å². The highest BCUT2D eigenvalue weighted by Gasteiger charge is 2.35. The van der Waals surface area contributed by atoms with E-state index < -0.39 is 0 Å². The molecule has 1 fully saturated rings. The van der Waals surface area contributed by atoms with E-state index >= 15 is 0 Å². The SMILES string of the molecule is CN(C)c1ccc(-c2n[nH]c3c2N2CCC3CC2)cc1. The number of fused-ring (bicyclic) bond motifs is 2. The zero-order valence-electron chi connectivity index (χ0n) is 12.1. The third-order valence-electron chi connectivity index (χ3n) is 4.64. The lowest BCUT2D eigenvalue weighted by molar-refractivity contribution is 0.466. The van der Waals surface area contributed by atoms with E-state index in [-0.39, 0.29) is 0 Å². The molecule has 0 spiro atoms. The Morgan fingerprint density at radius 2 is 1.85 bits per heavy atom. The maximum absolute atomic E-state index is 4.60. The molecule has 2 bridgehead atoms. The van der Waals surface area contributed by atoms with E-state index in [0.29, 0.717) is 5.92 Å². The summed E-state index contributed by atoms with van der Waals surface area (Å²) in [4.78, 5) is 4.61. The molecule has 4 nitrogen and oxygen atoms in total. The topological polar surface area (TPSA) is 35.2 Å². The lowest BCUT2D eigenvalue weighted by Gasteiger charge is -2.40. The van der Waals surface area contributed by atoms with Crippen LogP contribution < -0.4 is 9.80 Å². The standard InChI is InChI=1S/C16H20N4/c1-19(2)13-5-3-11(4-6-13)14-16-15(18-17-14)12-7-9-20(16)10-8-12/h3-6,12H,7-10H2,1-2H3,(H,17,18). The van der Waals surface area contributed by atoms with Crippen molar-refractivity contribution < 1.29 is 0 Å². The number of rotatable bonds is 2. The van der Waals surface area contributed by atoms with E-state index in [1.807, 2.05) is 0 Å². The van der Waals surface area contributed by atoms with Gasteiger partial charge in [0, 0.05) is 44.4 Å². The maximum atomic E-state index is 4.60. The van der Waals surface area contributed by atoms with Crippen LogP contribution in [0.5, 0.6) is 0 Å². The van der Waals surface area contributed by atoms with Gasteiger partial charge in [-0.15, -0.1) is 0 Å². The van der Waals surface area contributed by atoms with E-state index in [2.05, 4.69) is 58.4 Å².